The molecule has 18 heavy (non-hydrogen) atoms. The number of carbonyl (C=O) groups excluding carboxylic acids is 2. The predicted octanol–water partition coefficient (Wildman–Crippen LogP) is -0.264. The van der Waals surface area contributed by atoms with Crippen molar-refractivity contribution in [3.8, 4) is 0 Å². The maximum atomic E-state index is 11.3. The SMILES string of the molecule is O=C=NS(=O)(=O)c1ccc(S(=O)(=O)N=C=O)cc1. The molecule has 0 bridgehead atoms. The maximum Gasteiger partial charge on any atom is 0.292 e. The maximum absolute atomic E-state index is 11.3. The summed E-state index contributed by atoms with van der Waals surface area (Å²) in [6.07, 6.45) is 1.74. The summed E-state index contributed by atoms with van der Waals surface area (Å²) in [7, 11) is -8.37. The van der Waals surface area contributed by atoms with Crippen molar-refractivity contribution < 1.29 is 26.4 Å². The molecule has 0 radical (unpaired) electrons. The molecule has 0 amide bonds. The number of nitrogens with zero attached hydrogens (tertiary/aromatic N) is 2. The van der Waals surface area contributed by atoms with Gasteiger partial charge in [0.2, 0.25) is 0 Å². The lowest BCUT2D eigenvalue weighted by atomic mass is 10.4. The van der Waals surface area contributed by atoms with Crippen molar-refractivity contribution in [3.63, 3.8) is 0 Å². The molecule has 0 aromatic heterocycles. The zero-order valence-electron chi connectivity index (χ0n) is 8.47. The van der Waals surface area contributed by atoms with Gasteiger partial charge in [-0.25, -0.2) is 9.59 Å². The Kier molecular flexibility index (Phi) is 3.89. The Hall–Kier alpha value is -2.12. The summed E-state index contributed by atoms with van der Waals surface area (Å²) in [4.78, 5) is 19.0. The van der Waals surface area contributed by atoms with Crippen LogP contribution in [0.2, 0.25) is 0 Å². The first-order chi connectivity index (χ1) is 8.33. The fourth-order valence-corrected chi connectivity index (χ4v) is 2.35. The van der Waals surface area contributed by atoms with Gasteiger partial charge < -0.3 is 0 Å². The molecule has 0 N–H and O–H groups in total. The summed E-state index contributed by atoms with van der Waals surface area (Å²) in [5, 5.41) is 0. The van der Waals surface area contributed by atoms with Crippen molar-refractivity contribution >= 4 is 32.2 Å². The molecule has 1 aromatic carbocycles. The van der Waals surface area contributed by atoms with Crippen LogP contribution in [0.4, 0.5) is 0 Å². The molecule has 0 unspecified atom stereocenters. The van der Waals surface area contributed by atoms with Crippen LogP contribution >= 0.6 is 0 Å². The Morgan fingerprint density at radius 1 is 0.722 bits per heavy atom. The van der Waals surface area contributed by atoms with Crippen LogP contribution in [0.3, 0.4) is 0 Å². The van der Waals surface area contributed by atoms with Crippen LogP contribution < -0.4 is 0 Å². The fraction of sp³-hybridized carbons (Fsp3) is 0. The van der Waals surface area contributed by atoms with Gasteiger partial charge in [0.05, 0.1) is 9.79 Å². The van der Waals surface area contributed by atoms with Crippen LogP contribution in [0.25, 0.3) is 0 Å². The van der Waals surface area contributed by atoms with Gasteiger partial charge in [0.15, 0.2) is 0 Å². The van der Waals surface area contributed by atoms with Gasteiger partial charge in [-0.05, 0) is 24.3 Å². The molecule has 0 aliphatic heterocycles. The number of hydrogen-bond acceptors (Lipinski definition) is 6. The fourth-order valence-electron chi connectivity index (χ4n) is 0.987. The second-order valence-electron chi connectivity index (χ2n) is 2.79. The van der Waals surface area contributed by atoms with E-state index in [4.69, 9.17) is 0 Å². The first-order valence-electron chi connectivity index (χ1n) is 4.12. The van der Waals surface area contributed by atoms with E-state index < -0.39 is 20.0 Å². The monoisotopic (exact) mass is 288 g/mol. The first-order valence-corrected chi connectivity index (χ1v) is 7.00. The molecule has 0 spiro atoms. The second kappa shape index (κ2) is 5.03. The van der Waals surface area contributed by atoms with Gasteiger partial charge in [0.25, 0.3) is 32.2 Å². The van der Waals surface area contributed by atoms with Crippen molar-refractivity contribution in [1.82, 2.24) is 0 Å². The Bertz CT molecular complexity index is 683. The van der Waals surface area contributed by atoms with E-state index in [9.17, 15) is 26.4 Å². The Morgan fingerprint density at radius 3 is 1.22 bits per heavy atom. The Labute approximate surface area is 102 Å². The quantitative estimate of drug-likeness (QED) is 0.554. The topological polar surface area (TPSA) is 127 Å². The molecular weight excluding hydrogens is 284 g/mol. The minimum Gasteiger partial charge on any atom is -0.210 e. The van der Waals surface area contributed by atoms with Crippen molar-refractivity contribution in [2.75, 3.05) is 0 Å². The molecule has 94 valence electrons. The molecule has 0 saturated heterocycles. The first kappa shape index (κ1) is 13.9. The highest BCUT2D eigenvalue weighted by Gasteiger charge is 2.16. The number of sulfonamides is 2. The highest BCUT2D eigenvalue weighted by atomic mass is 32.2. The highest BCUT2D eigenvalue weighted by Crippen LogP contribution is 2.17. The number of benzene rings is 1. The lowest BCUT2D eigenvalue weighted by molar-refractivity contribution is 0.562. The van der Waals surface area contributed by atoms with Crippen LogP contribution in [0.15, 0.2) is 42.9 Å². The number of rotatable bonds is 4. The number of isocyanates is 2. The zero-order chi connectivity index (χ0) is 13.8. The van der Waals surface area contributed by atoms with Crippen molar-refractivity contribution in [3.05, 3.63) is 24.3 Å². The second-order valence-corrected chi connectivity index (χ2v) is 5.99. The molecule has 0 heterocycles. The van der Waals surface area contributed by atoms with E-state index in [0.29, 0.717) is 0 Å². The molecule has 1 rings (SSSR count). The van der Waals surface area contributed by atoms with Crippen LogP contribution in [-0.4, -0.2) is 29.0 Å². The molecule has 0 aliphatic rings. The predicted molar refractivity (Wildman–Crippen MR) is 57.1 cm³/mol. The van der Waals surface area contributed by atoms with E-state index in [1.165, 1.54) is 0 Å². The Balaban J connectivity index is 3.32. The van der Waals surface area contributed by atoms with E-state index in [0.717, 1.165) is 36.4 Å². The van der Waals surface area contributed by atoms with Gasteiger partial charge in [-0.2, -0.15) is 16.8 Å². The van der Waals surface area contributed by atoms with Crippen molar-refractivity contribution in [2.24, 2.45) is 8.80 Å². The summed E-state index contributed by atoms with van der Waals surface area (Å²) in [5.74, 6) is 0. The highest BCUT2D eigenvalue weighted by molar-refractivity contribution is 7.90. The molecule has 1 aromatic rings. The van der Waals surface area contributed by atoms with Crippen molar-refractivity contribution in [1.29, 1.82) is 0 Å². The molecule has 0 atom stereocenters. The average Bonchev–Trinajstić information content (AvgIpc) is 2.29. The standard InChI is InChI=1S/C8H4N2O6S2/c11-5-9-17(13,14)7-1-2-8(4-3-7)18(15,16)10-6-12/h1-4H. The van der Waals surface area contributed by atoms with E-state index in [2.05, 4.69) is 8.80 Å². The largest absolute Gasteiger partial charge is 0.292 e. The molecule has 8 nitrogen and oxygen atoms in total. The molecule has 10 heteroatoms. The molecule has 0 fully saturated rings. The van der Waals surface area contributed by atoms with E-state index in [1.54, 1.807) is 0 Å². The molecular formula is C8H4N2O6S2. The van der Waals surface area contributed by atoms with E-state index >= 15 is 0 Å². The van der Waals surface area contributed by atoms with Gasteiger partial charge in [-0.15, -0.1) is 0 Å². The smallest absolute Gasteiger partial charge is 0.210 e. The summed E-state index contributed by atoms with van der Waals surface area (Å²) in [6, 6.07) is 3.62. The zero-order valence-corrected chi connectivity index (χ0v) is 10.1. The van der Waals surface area contributed by atoms with E-state index in [-0.39, 0.29) is 9.79 Å². The molecule has 0 aliphatic carbocycles. The summed E-state index contributed by atoms with van der Waals surface area (Å²) in [5.41, 5.74) is 0. The minimum absolute atomic E-state index is 0.389. The van der Waals surface area contributed by atoms with Gasteiger partial charge in [-0.3, -0.25) is 0 Å². The average molecular weight is 288 g/mol. The Morgan fingerprint density at radius 2 is 1.00 bits per heavy atom. The van der Waals surface area contributed by atoms with Gasteiger partial charge >= 0.3 is 0 Å². The summed E-state index contributed by atoms with van der Waals surface area (Å²) < 4.78 is 50.2. The normalized spacial score (nSPS) is 11.1. The van der Waals surface area contributed by atoms with Gasteiger partial charge in [-0.1, -0.05) is 8.80 Å². The van der Waals surface area contributed by atoms with E-state index in [1.807, 2.05) is 0 Å². The minimum atomic E-state index is -4.19. The van der Waals surface area contributed by atoms with Crippen LogP contribution in [-0.2, 0) is 29.6 Å². The van der Waals surface area contributed by atoms with Crippen molar-refractivity contribution in [2.45, 2.75) is 9.79 Å². The van der Waals surface area contributed by atoms with Crippen LogP contribution in [0.1, 0.15) is 0 Å². The summed E-state index contributed by atoms with van der Waals surface area (Å²) in [6.45, 7) is 0. The lowest BCUT2D eigenvalue weighted by Gasteiger charge is -1.98. The third kappa shape index (κ3) is 2.96. The van der Waals surface area contributed by atoms with Crippen LogP contribution in [0, 0.1) is 0 Å². The van der Waals surface area contributed by atoms with Gasteiger partial charge in [0, 0.05) is 0 Å². The van der Waals surface area contributed by atoms with Gasteiger partial charge in [0.1, 0.15) is 0 Å². The lowest BCUT2D eigenvalue weighted by Crippen LogP contribution is -1.99. The number of hydrogen-bond donors (Lipinski definition) is 0. The third-order valence-corrected chi connectivity index (χ3v) is 4.10. The van der Waals surface area contributed by atoms with Crippen LogP contribution in [0.5, 0.6) is 0 Å². The summed E-state index contributed by atoms with van der Waals surface area (Å²) >= 11 is 0. The third-order valence-electron chi connectivity index (χ3n) is 1.73. The molecule has 0 saturated carbocycles.